The minimum Gasteiger partial charge on any atom is -0.388 e. The van der Waals surface area contributed by atoms with E-state index in [1.807, 2.05) is 18.2 Å². The number of fused-ring (bicyclic) bond motifs is 1. The second-order valence-electron chi connectivity index (χ2n) is 5.20. The zero-order chi connectivity index (χ0) is 14.8. The van der Waals surface area contributed by atoms with Crippen LogP contribution in [0.4, 0.5) is 4.39 Å². The summed E-state index contributed by atoms with van der Waals surface area (Å²) in [5.74, 6) is -0.559. The molecule has 1 aliphatic heterocycles. The summed E-state index contributed by atoms with van der Waals surface area (Å²) in [7, 11) is 0. The van der Waals surface area contributed by atoms with Gasteiger partial charge in [0.05, 0.1) is 23.8 Å². The summed E-state index contributed by atoms with van der Waals surface area (Å²) in [6.07, 6.45) is 0.0194. The van der Waals surface area contributed by atoms with Crippen LogP contribution in [0.2, 0.25) is 5.02 Å². The van der Waals surface area contributed by atoms with E-state index in [0.29, 0.717) is 13.0 Å². The maximum atomic E-state index is 14.0. The predicted octanol–water partition coefficient (Wildman–Crippen LogP) is 4.22. The van der Waals surface area contributed by atoms with Crippen molar-refractivity contribution in [3.05, 3.63) is 70.0 Å². The van der Waals surface area contributed by atoms with Crippen molar-refractivity contribution in [3.8, 4) is 0 Å². The van der Waals surface area contributed by atoms with Crippen LogP contribution in [0.1, 0.15) is 35.3 Å². The second-order valence-corrected chi connectivity index (χ2v) is 5.61. The molecule has 0 amide bonds. The van der Waals surface area contributed by atoms with Gasteiger partial charge in [0.15, 0.2) is 0 Å². The third kappa shape index (κ3) is 2.95. The zero-order valence-corrected chi connectivity index (χ0v) is 12.2. The standard InChI is InChI=1S/C17H16ClFO2/c18-14-7-3-6-13(17(14)19)15(20)10-16-12-5-2-1-4-11(12)8-9-21-16/h1-7,15-16,20H,8-10H2. The van der Waals surface area contributed by atoms with Crippen molar-refractivity contribution in [2.24, 2.45) is 0 Å². The summed E-state index contributed by atoms with van der Waals surface area (Å²) >= 11 is 5.76. The van der Waals surface area contributed by atoms with Crippen LogP contribution in [0.15, 0.2) is 42.5 Å². The minimum absolute atomic E-state index is 0.0245. The minimum atomic E-state index is -0.945. The first-order chi connectivity index (χ1) is 10.2. The average molecular weight is 307 g/mol. The summed E-state index contributed by atoms with van der Waals surface area (Å²) in [5, 5.41) is 10.3. The van der Waals surface area contributed by atoms with Crippen molar-refractivity contribution in [1.29, 1.82) is 0 Å². The summed E-state index contributed by atoms with van der Waals surface area (Å²) in [6.45, 7) is 0.617. The van der Waals surface area contributed by atoms with Gasteiger partial charge >= 0.3 is 0 Å². The first kappa shape index (κ1) is 14.5. The van der Waals surface area contributed by atoms with E-state index in [1.54, 1.807) is 12.1 Å². The molecule has 0 aliphatic carbocycles. The van der Waals surface area contributed by atoms with Crippen LogP contribution in [0.3, 0.4) is 0 Å². The number of aliphatic hydroxyl groups excluding tert-OH is 1. The van der Waals surface area contributed by atoms with Crippen LogP contribution in [-0.4, -0.2) is 11.7 Å². The van der Waals surface area contributed by atoms with Crippen molar-refractivity contribution in [1.82, 2.24) is 0 Å². The van der Waals surface area contributed by atoms with E-state index in [9.17, 15) is 9.50 Å². The molecule has 3 rings (SSSR count). The molecule has 2 unspecified atom stereocenters. The lowest BCUT2D eigenvalue weighted by Crippen LogP contribution is -2.18. The lowest BCUT2D eigenvalue weighted by atomic mass is 9.92. The van der Waals surface area contributed by atoms with Crippen LogP contribution < -0.4 is 0 Å². The Bertz CT molecular complexity index is 644. The zero-order valence-electron chi connectivity index (χ0n) is 11.4. The molecular formula is C17H16ClFO2. The Kier molecular flexibility index (Phi) is 4.24. The number of aliphatic hydroxyl groups is 1. The molecule has 0 fully saturated rings. The van der Waals surface area contributed by atoms with Gasteiger partial charge in [-0.3, -0.25) is 0 Å². The molecule has 4 heteroatoms. The van der Waals surface area contributed by atoms with Gasteiger partial charge in [-0.1, -0.05) is 48.0 Å². The number of hydrogen-bond acceptors (Lipinski definition) is 2. The van der Waals surface area contributed by atoms with E-state index in [2.05, 4.69) is 6.07 Å². The molecular weight excluding hydrogens is 291 g/mol. The summed E-state index contributed by atoms with van der Waals surface area (Å²) < 4.78 is 19.7. The molecule has 0 saturated heterocycles. The molecule has 0 bridgehead atoms. The van der Waals surface area contributed by atoms with Gasteiger partial charge in [0.25, 0.3) is 0 Å². The quantitative estimate of drug-likeness (QED) is 0.920. The number of halogens is 2. The highest BCUT2D eigenvalue weighted by Crippen LogP contribution is 2.35. The summed E-state index contributed by atoms with van der Waals surface area (Å²) in [5.41, 5.74) is 2.52. The summed E-state index contributed by atoms with van der Waals surface area (Å²) in [6, 6.07) is 12.7. The van der Waals surface area contributed by atoms with Gasteiger partial charge in [0, 0.05) is 12.0 Å². The normalized spacial score (nSPS) is 19.1. The van der Waals surface area contributed by atoms with Crippen molar-refractivity contribution >= 4 is 11.6 Å². The topological polar surface area (TPSA) is 29.5 Å². The third-order valence-electron chi connectivity index (χ3n) is 3.87. The highest BCUT2D eigenvalue weighted by Gasteiger charge is 2.25. The average Bonchev–Trinajstić information content (AvgIpc) is 2.50. The van der Waals surface area contributed by atoms with Gasteiger partial charge in [0.1, 0.15) is 5.82 Å². The largest absolute Gasteiger partial charge is 0.388 e. The van der Waals surface area contributed by atoms with Gasteiger partial charge in [-0.2, -0.15) is 0 Å². The van der Waals surface area contributed by atoms with Gasteiger partial charge in [-0.25, -0.2) is 4.39 Å². The van der Waals surface area contributed by atoms with Crippen LogP contribution in [0.25, 0.3) is 0 Å². The molecule has 2 aromatic rings. The molecule has 2 atom stereocenters. The molecule has 1 aliphatic rings. The number of benzene rings is 2. The maximum Gasteiger partial charge on any atom is 0.147 e. The fraction of sp³-hybridized carbons (Fsp3) is 0.294. The number of hydrogen-bond donors (Lipinski definition) is 1. The van der Waals surface area contributed by atoms with Gasteiger partial charge in [0.2, 0.25) is 0 Å². The number of rotatable bonds is 3. The Morgan fingerprint density at radius 2 is 2.05 bits per heavy atom. The molecule has 0 radical (unpaired) electrons. The van der Waals surface area contributed by atoms with Crippen molar-refractivity contribution in [2.75, 3.05) is 6.61 Å². The Balaban J connectivity index is 1.83. The van der Waals surface area contributed by atoms with E-state index in [4.69, 9.17) is 16.3 Å². The van der Waals surface area contributed by atoms with E-state index in [-0.39, 0.29) is 16.7 Å². The molecule has 2 nitrogen and oxygen atoms in total. The molecule has 1 N–H and O–H groups in total. The summed E-state index contributed by atoms with van der Waals surface area (Å²) in [4.78, 5) is 0. The first-order valence-electron chi connectivity index (χ1n) is 6.98. The Labute approximate surface area is 128 Å². The fourth-order valence-electron chi connectivity index (χ4n) is 2.78. The van der Waals surface area contributed by atoms with E-state index >= 15 is 0 Å². The lowest BCUT2D eigenvalue weighted by molar-refractivity contribution is 0.00304. The molecule has 1 heterocycles. The molecule has 0 saturated carbocycles. The molecule has 110 valence electrons. The molecule has 0 spiro atoms. The first-order valence-corrected chi connectivity index (χ1v) is 7.36. The van der Waals surface area contributed by atoms with E-state index < -0.39 is 11.9 Å². The maximum absolute atomic E-state index is 14.0. The predicted molar refractivity (Wildman–Crippen MR) is 79.8 cm³/mol. The van der Waals surface area contributed by atoms with Crippen molar-refractivity contribution < 1.29 is 14.2 Å². The highest BCUT2D eigenvalue weighted by molar-refractivity contribution is 6.30. The van der Waals surface area contributed by atoms with Crippen LogP contribution >= 0.6 is 11.6 Å². The van der Waals surface area contributed by atoms with Gasteiger partial charge in [-0.15, -0.1) is 0 Å². The van der Waals surface area contributed by atoms with Crippen molar-refractivity contribution in [2.45, 2.75) is 25.0 Å². The highest BCUT2D eigenvalue weighted by atomic mass is 35.5. The lowest BCUT2D eigenvalue weighted by Gasteiger charge is -2.28. The van der Waals surface area contributed by atoms with Crippen LogP contribution in [0.5, 0.6) is 0 Å². The molecule has 21 heavy (non-hydrogen) atoms. The molecule has 2 aromatic carbocycles. The smallest absolute Gasteiger partial charge is 0.147 e. The molecule has 0 aromatic heterocycles. The SMILES string of the molecule is OC(CC1OCCc2ccccc21)c1cccc(Cl)c1F. The van der Waals surface area contributed by atoms with Crippen LogP contribution in [-0.2, 0) is 11.2 Å². The van der Waals surface area contributed by atoms with Crippen molar-refractivity contribution in [3.63, 3.8) is 0 Å². The Hall–Kier alpha value is -1.42. The van der Waals surface area contributed by atoms with E-state index in [1.165, 1.54) is 11.6 Å². The third-order valence-corrected chi connectivity index (χ3v) is 4.16. The fourth-order valence-corrected chi connectivity index (χ4v) is 2.96. The second kappa shape index (κ2) is 6.14. The monoisotopic (exact) mass is 306 g/mol. The Morgan fingerprint density at radius 3 is 2.90 bits per heavy atom. The van der Waals surface area contributed by atoms with Gasteiger partial charge < -0.3 is 9.84 Å². The van der Waals surface area contributed by atoms with Crippen LogP contribution in [0, 0.1) is 5.82 Å². The van der Waals surface area contributed by atoms with E-state index in [0.717, 1.165) is 12.0 Å². The van der Waals surface area contributed by atoms with Gasteiger partial charge in [-0.05, 0) is 23.6 Å². The Morgan fingerprint density at radius 1 is 1.24 bits per heavy atom. The number of ether oxygens (including phenoxy) is 1.